The van der Waals surface area contributed by atoms with Gasteiger partial charge in [-0.3, -0.25) is 9.59 Å². The van der Waals surface area contributed by atoms with Crippen LogP contribution in [0.5, 0.6) is 0 Å². The molecule has 2 amide bonds. The van der Waals surface area contributed by atoms with Crippen molar-refractivity contribution < 1.29 is 18.0 Å². The molecule has 1 fully saturated rings. The maximum absolute atomic E-state index is 12.9. The summed E-state index contributed by atoms with van der Waals surface area (Å²) in [6.07, 6.45) is 0.926. The SMILES string of the molecule is CCS(=O)(=O)N1CCC(C(=O)Nc2ccccc2C(=O)N[C@H](C)c2ccccc2)CC1. The van der Waals surface area contributed by atoms with Crippen molar-refractivity contribution in [2.24, 2.45) is 5.92 Å². The molecule has 0 saturated carbocycles. The standard InChI is InChI=1S/C23H29N3O4S/c1-3-31(29,30)26-15-13-19(14-16-26)22(27)25-21-12-8-7-11-20(21)23(28)24-17(2)18-9-5-4-6-10-18/h4-12,17,19H,3,13-16H2,1-2H3,(H,24,28)(H,25,27)/t17-/m1/s1. The highest BCUT2D eigenvalue weighted by atomic mass is 32.2. The molecule has 1 heterocycles. The summed E-state index contributed by atoms with van der Waals surface area (Å²) in [6.45, 7) is 4.21. The van der Waals surface area contributed by atoms with E-state index in [1.807, 2.05) is 37.3 Å². The summed E-state index contributed by atoms with van der Waals surface area (Å²) in [5.74, 6) is -0.683. The number of para-hydroxylation sites is 1. The molecule has 166 valence electrons. The van der Waals surface area contributed by atoms with E-state index in [0.29, 0.717) is 37.2 Å². The lowest BCUT2D eigenvalue weighted by Gasteiger charge is -2.30. The molecule has 2 aromatic carbocycles. The second-order valence-corrected chi connectivity index (χ2v) is 9.97. The lowest BCUT2D eigenvalue weighted by atomic mass is 9.97. The zero-order valence-corrected chi connectivity index (χ0v) is 18.7. The number of carbonyl (C=O) groups is 2. The van der Waals surface area contributed by atoms with Gasteiger partial charge in [0, 0.05) is 19.0 Å². The van der Waals surface area contributed by atoms with Gasteiger partial charge in [0.2, 0.25) is 15.9 Å². The van der Waals surface area contributed by atoms with Crippen LogP contribution in [0.15, 0.2) is 54.6 Å². The molecule has 2 aromatic rings. The third-order valence-corrected chi connectivity index (χ3v) is 7.54. The molecule has 1 aliphatic rings. The first-order chi connectivity index (χ1) is 14.8. The van der Waals surface area contributed by atoms with Crippen LogP contribution >= 0.6 is 0 Å². The summed E-state index contributed by atoms with van der Waals surface area (Å²) in [7, 11) is -3.23. The van der Waals surface area contributed by atoms with Crippen molar-refractivity contribution in [2.45, 2.75) is 32.7 Å². The zero-order valence-electron chi connectivity index (χ0n) is 17.9. The smallest absolute Gasteiger partial charge is 0.253 e. The summed E-state index contributed by atoms with van der Waals surface area (Å²) < 4.78 is 25.5. The molecule has 0 spiro atoms. The van der Waals surface area contributed by atoms with Gasteiger partial charge in [-0.25, -0.2) is 12.7 Å². The Morgan fingerprint density at radius 3 is 2.29 bits per heavy atom. The Bertz CT molecular complexity index is 1020. The highest BCUT2D eigenvalue weighted by molar-refractivity contribution is 7.89. The molecule has 1 atom stereocenters. The van der Waals surface area contributed by atoms with E-state index in [1.54, 1.807) is 31.2 Å². The zero-order chi connectivity index (χ0) is 22.4. The Kier molecular flexibility index (Phi) is 7.46. The number of nitrogens with one attached hydrogen (secondary N) is 2. The Hall–Kier alpha value is -2.71. The molecule has 8 heteroatoms. The average molecular weight is 444 g/mol. The number of piperidine rings is 1. The fourth-order valence-electron chi connectivity index (χ4n) is 3.70. The van der Waals surface area contributed by atoms with Gasteiger partial charge in [-0.15, -0.1) is 0 Å². The summed E-state index contributed by atoms with van der Waals surface area (Å²) >= 11 is 0. The molecular formula is C23H29N3O4S. The molecule has 3 rings (SSSR count). The topological polar surface area (TPSA) is 95.6 Å². The number of amides is 2. The minimum absolute atomic E-state index is 0.0632. The van der Waals surface area contributed by atoms with Gasteiger partial charge in [-0.2, -0.15) is 0 Å². The molecule has 0 aromatic heterocycles. The number of anilines is 1. The minimum Gasteiger partial charge on any atom is -0.345 e. The predicted octanol–water partition coefficient (Wildman–Crippen LogP) is 3.18. The maximum Gasteiger partial charge on any atom is 0.253 e. The number of benzene rings is 2. The van der Waals surface area contributed by atoms with Gasteiger partial charge in [-0.05, 0) is 44.4 Å². The van der Waals surface area contributed by atoms with Crippen molar-refractivity contribution in [1.82, 2.24) is 9.62 Å². The van der Waals surface area contributed by atoms with Crippen molar-refractivity contribution in [3.05, 3.63) is 65.7 Å². The van der Waals surface area contributed by atoms with Crippen molar-refractivity contribution in [1.29, 1.82) is 0 Å². The Morgan fingerprint density at radius 2 is 1.65 bits per heavy atom. The Labute approximate surface area is 183 Å². The molecule has 1 aliphatic heterocycles. The first kappa shape index (κ1) is 23.0. The van der Waals surface area contributed by atoms with Gasteiger partial charge in [0.25, 0.3) is 5.91 Å². The first-order valence-corrected chi connectivity index (χ1v) is 12.2. The van der Waals surface area contributed by atoms with E-state index in [2.05, 4.69) is 10.6 Å². The van der Waals surface area contributed by atoms with E-state index in [-0.39, 0.29) is 29.5 Å². The molecule has 2 N–H and O–H groups in total. The number of carbonyl (C=O) groups excluding carboxylic acids is 2. The summed E-state index contributed by atoms with van der Waals surface area (Å²) in [5.41, 5.74) is 1.84. The van der Waals surface area contributed by atoms with Gasteiger partial charge < -0.3 is 10.6 Å². The summed E-state index contributed by atoms with van der Waals surface area (Å²) in [5, 5.41) is 5.84. The first-order valence-electron chi connectivity index (χ1n) is 10.6. The molecular weight excluding hydrogens is 414 g/mol. The fraction of sp³-hybridized carbons (Fsp3) is 0.391. The predicted molar refractivity (Wildman–Crippen MR) is 121 cm³/mol. The molecule has 0 unspecified atom stereocenters. The molecule has 0 radical (unpaired) electrons. The third-order valence-electron chi connectivity index (χ3n) is 5.66. The highest BCUT2D eigenvalue weighted by Crippen LogP contribution is 2.23. The summed E-state index contributed by atoms with van der Waals surface area (Å²) in [6, 6.07) is 16.4. The van der Waals surface area contributed by atoms with Crippen LogP contribution in [0.2, 0.25) is 0 Å². The van der Waals surface area contributed by atoms with Crippen LogP contribution in [0, 0.1) is 5.92 Å². The van der Waals surface area contributed by atoms with E-state index in [0.717, 1.165) is 5.56 Å². The van der Waals surface area contributed by atoms with Crippen LogP contribution in [-0.4, -0.2) is 43.4 Å². The van der Waals surface area contributed by atoms with E-state index in [4.69, 9.17) is 0 Å². The monoisotopic (exact) mass is 443 g/mol. The normalized spacial score (nSPS) is 16.5. The molecule has 1 saturated heterocycles. The van der Waals surface area contributed by atoms with Crippen molar-refractivity contribution in [2.75, 3.05) is 24.2 Å². The number of sulfonamides is 1. The number of hydrogen-bond donors (Lipinski definition) is 2. The lowest BCUT2D eigenvalue weighted by Crippen LogP contribution is -2.42. The number of rotatable bonds is 7. The minimum atomic E-state index is -3.23. The average Bonchev–Trinajstić information content (AvgIpc) is 2.80. The van der Waals surface area contributed by atoms with Gasteiger partial charge in [-0.1, -0.05) is 42.5 Å². The maximum atomic E-state index is 12.9. The third kappa shape index (κ3) is 5.71. The number of nitrogens with zero attached hydrogens (tertiary/aromatic N) is 1. The Morgan fingerprint density at radius 1 is 1.03 bits per heavy atom. The highest BCUT2D eigenvalue weighted by Gasteiger charge is 2.30. The fourth-order valence-corrected chi connectivity index (χ4v) is 4.84. The van der Waals surface area contributed by atoms with Gasteiger partial charge in [0.1, 0.15) is 0 Å². The van der Waals surface area contributed by atoms with Crippen LogP contribution in [0.1, 0.15) is 48.7 Å². The van der Waals surface area contributed by atoms with E-state index in [1.165, 1.54) is 4.31 Å². The summed E-state index contributed by atoms with van der Waals surface area (Å²) in [4.78, 5) is 25.7. The number of hydrogen-bond acceptors (Lipinski definition) is 4. The molecule has 31 heavy (non-hydrogen) atoms. The van der Waals surface area contributed by atoms with Crippen LogP contribution in [-0.2, 0) is 14.8 Å². The molecule has 0 aliphatic carbocycles. The second-order valence-electron chi connectivity index (χ2n) is 7.71. The Balaban J connectivity index is 1.64. The molecule has 7 nitrogen and oxygen atoms in total. The van der Waals surface area contributed by atoms with Crippen LogP contribution < -0.4 is 10.6 Å². The van der Waals surface area contributed by atoms with Crippen LogP contribution in [0.3, 0.4) is 0 Å². The second kappa shape index (κ2) is 10.1. The van der Waals surface area contributed by atoms with Gasteiger partial charge >= 0.3 is 0 Å². The van der Waals surface area contributed by atoms with Gasteiger partial charge in [0.05, 0.1) is 23.0 Å². The lowest BCUT2D eigenvalue weighted by molar-refractivity contribution is -0.120. The van der Waals surface area contributed by atoms with Crippen LogP contribution in [0.4, 0.5) is 5.69 Å². The van der Waals surface area contributed by atoms with Crippen molar-refractivity contribution in [3.8, 4) is 0 Å². The van der Waals surface area contributed by atoms with E-state index in [9.17, 15) is 18.0 Å². The quantitative estimate of drug-likeness (QED) is 0.687. The van der Waals surface area contributed by atoms with Crippen LogP contribution in [0.25, 0.3) is 0 Å². The largest absolute Gasteiger partial charge is 0.345 e. The van der Waals surface area contributed by atoms with Crippen molar-refractivity contribution in [3.63, 3.8) is 0 Å². The van der Waals surface area contributed by atoms with E-state index < -0.39 is 10.0 Å². The van der Waals surface area contributed by atoms with E-state index >= 15 is 0 Å². The van der Waals surface area contributed by atoms with Crippen molar-refractivity contribution >= 4 is 27.5 Å². The molecule has 0 bridgehead atoms. The van der Waals surface area contributed by atoms with Gasteiger partial charge in [0.15, 0.2) is 0 Å².